The Balaban J connectivity index is 4.50. The van der Waals surface area contributed by atoms with Crippen LogP contribution in [0.3, 0.4) is 0 Å². The Morgan fingerprint density at radius 3 is 1.32 bits per heavy atom. The van der Waals surface area contributed by atoms with Gasteiger partial charge in [0.05, 0.1) is 25.2 Å². The third-order valence-corrected chi connectivity index (χ3v) is 12.0. The summed E-state index contributed by atoms with van der Waals surface area (Å²) in [6, 6.07) is -0.726. The summed E-state index contributed by atoms with van der Waals surface area (Å²) >= 11 is 0. The Morgan fingerprint density at radius 1 is 0.508 bits per heavy atom. The van der Waals surface area contributed by atoms with Gasteiger partial charge in [0.25, 0.3) is 0 Å². The molecular formula is C53H101NO5. The number of esters is 1. The molecule has 0 aromatic rings. The Hall–Kier alpha value is -1.66. The number of amides is 1. The van der Waals surface area contributed by atoms with Gasteiger partial charge in [0.1, 0.15) is 6.10 Å². The van der Waals surface area contributed by atoms with E-state index in [-0.39, 0.29) is 24.9 Å². The van der Waals surface area contributed by atoms with Crippen LogP contribution in [0, 0.1) is 0 Å². The first-order chi connectivity index (χ1) is 29.0. The van der Waals surface area contributed by atoms with Gasteiger partial charge in [-0.1, -0.05) is 251 Å². The molecule has 0 aliphatic heterocycles. The molecule has 59 heavy (non-hydrogen) atoms. The van der Waals surface area contributed by atoms with Gasteiger partial charge in [-0.3, -0.25) is 9.59 Å². The summed E-state index contributed by atoms with van der Waals surface area (Å²) in [7, 11) is 0. The first kappa shape index (κ1) is 57.3. The summed E-state index contributed by atoms with van der Waals surface area (Å²) < 4.78 is 5.83. The van der Waals surface area contributed by atoms with Gasteiger partial charge in [-0.25, -0.2) is 0 Å². The molecule has 0 fully saturated rings. The second-order valence-corrected chi connectivity index (χ2v) is 17.9. The van der Waals surface area contributed by atoms with Crippen LogP contribution < -0.4 is 5.32 Å². The van der Waals surface area contributed by atoms with Crippen molar-refractivity contribution >= 4 is 11.9 Å². The molecule has 0 aromatic carbocycles. The van der Waals surface area contributed by atoms with Crippen molar-refractivity contribution in [2.75, 3.05) is 6.61 Å². The molecule has 0 aromatic heterocycles. The van der Waals surface area contributed by atoms with Crippen LogP contribution in [-0.2, 0) is 14.3 Å². The van der Waals surface area contributed by atoms with Gasteiger partial charge >= 0.3 is 5.97 Å². The lowest BCUT2D eigenvalue weighted by atomic mass is 10.0. The molecule has 0 aliphatic carbocycles. The van der Waals surface area contributed by atoms with E-state index in [2.05, 4.69) is 38.2 Å². The third kappa shape index (κ3) is 42.8. The predicted octanol–water partition coefficient (Wildman–Crippen LogP) is 15.5. The molecule has 3 unspecified atom stereocenters. The minimum atomic E-state index is -0.805. The van der Waals surface area contributed by atoms with Gasteiger partial charge in [-0.2, -0.15) is 0 Å². The topological polar surface area (TPSA) is 95.9 Å². The standard InChI is InChI=1S/C53H101NO5/c1-4-7-10-13-16-19-22-23-24-25-26-27-28-29-31-34-37-40-43-46-53(58)59-49(44-41-38-35-32-30-20-17-14-11-8-5-2)47-52(57)54-50(48-55)51(56)45-42-39-36-33-21-18-15-12-9-6-3/h32,35,41,44,49-51,55-56H,4-31,33-34,36-40,42-43,45-48H2,1-3H3,(H,54,57)/b35-32-,44-41+. The normalized spacial score (nSPS) is 13.4. The largest absolute Gasteiger partial charge is 0.458 e. The maximum absolute atomic E-state index is 13.1. The number of rotatable bonds is 47. The summed E-state index contributed by atoms with van der Waals surface area (Å²) in [5, 5.41) is 23.6. The lowest BCUT2D eigenvalue weighted by molar-refractivity contribution is -0.148. The first-order valence-corrected chi connectivity index (χ1v) is 26.1. The number of aliphatic hydroxyl groups excluding tert-OH is 2. The summed E-state index contributed by atoms with van der Waals surface area (Å²) in [5.41, 5.74) is 0. The zero-order valence-electron chi connectivity index (χ0n) is 39.7. The van der Waals surface area contributed by atoms with Gasteiger partial charge in [0.2, 0.25) is 5.91 Å². The van der Waals surface area contributed by atoms with Crippen LogP contribution in [-0.4, -0.2) is 46.9 Å². The van der Waals surface area contributed by atoms with Gasteiger partial charge in [-0.15, -0.1) is 0 Å². The predicted molar refractivity (Wildman–Crippen MR) is 255 cm³/mol. The minimum absolute atomic E-state index is 0.0234. The zero-order valence-corrected chi connectivity index (χ0v) is 39.7. The molecule has 348 valence electrons. The molecule has 0 bridgehead atoms. The molecule has 0 heterocycles. The van der Waals surface area contributed by atoms with Crippen molar-refractivity contribution in [3.8, 4) is 0 Å². The molecule has 0 spiro atoms. The Morgan fingerprint density at radius 2 is 0.898 bits per heavy atom. The summed E-state index contributed by atoms with van der Waals surface area (Å²) in [6.07, 6.45) is 54.2. The minimum Gasteiger partial charge on any atom is -0.458 e. The van der Waals surface area contributed by atoms with Crippen LogP contribution in [0.5, 0.6) is 0 Å². The monoisotopic (exact) mass is 832 g/mol. The van der Waals surface area contributed by atoms with E-state index in [9.17, 15) is 19.8 Å². The fourth-order valence-electron chi connectivity index (χ4n) is 8.04. The molecule has 6 nitrogen and oxygen atoms in total. The molecule has 0 radical (unpaired) electrons. The van der Waals surface area contributed by atoms with Crippen molar-refractivity contribution in [3.05, 3.63) is 24.3 Å². The van der Waals surface area contributed by atoms with Crippen LogP contribution in [0.1, 0.15) is 278 Å². The maximum Gasteiger partial charge on any atom is 0.306 e. The lowest BCUT2D eigenvalue weighted by Gasteiger charge is -2.23. The van der Waals surface area contributed by atoms with E-state index in [0.717, 1.165) is 51.4 Å². The van der Waals surface area contributed by atoms with Crippen molar-refractivity contribution in [3.63, 3.8) is 0 Å². The SMILES string of the molecule is CCCCCCCC/C=C\C/C=C/C(CC(=O)NC(CO)C(O)CCCCCCCCCCCC)OC(=O)CCCCCCCCCCCCCCCCCCCCC. The lowest BCUT2D eigenvalue weighted by Crippen LogP contribution is -2.46. The van der Waals surface area contributed by atoms with E-state index in [4.69, 9.17) is 4.74 Å². The highest BCUT2D eigenvalue weighted by molar-refractivity contribution is 5.78. The van der Waals surface area contributed by atoms with Gasteiger partial charge < -0.3 is 20.3 Å². The van der Waals surface area contributed by atoms with E-state index in [0.29, 0.717) is 12.8 Å². The Kier molecular flexibility index (Phi) is 46.1. The average Bonchev–Trinajstić information content (AvgIpc) is 3.23. The van der Waals surface area contributed by atoms with Gasteiger partial charge in [0.15, 0.2) is 0 Å². The number of ether oxygens (including phenoxy) is 1. The first-order valence-electron chi connectivity index (χ1n) is 26.1. The number of hydrogen-bond donors (Lipinski definition) is 3. The van der Waals surface area contributed by atoms with Crippen LogP contribution >= 0.6 is 0 Å². The van der Waals surface area contributed by atoms with E-state index in [1.54, 1.807) is 0 Å². The number of nitrogens with one attached hydrogen (secondary N) is 1. The van der Waals surface area contributed by atoms with E-state index >= 15 is 0 Å². The fraction of sp³-hybridized carbons (Fsp3) is 0.887. The number of carbonyl (C=O) groups is 2. The van der Waals surface area contributed by atoms with Crippen molar-refractivity contribution < 1.29 is 24.5 Å². The highest BCUT2D eigenvalue weighted by Gasteiger charge is 2.23. The summed E-state index contributed by atoms with van der Waals surface area (Å²) in [6.45, 7) is 6.45. The second kappa shape index (κ2) is 47.4. The van der Waals surface area contributed by atoms with E-state index in [1.807, 2.05) is 12.2 Å². The summed E-state index contributed by atoms with van der Waals surface area (Å²) in [5.74, 6) is -0.589. The maximum atomic E-state index is 13.1. The number of unbranched alkanes of at least 4 members (excludes halogenated alkanes) is 33. The molecule has 0 rings (SSSR count). The van der Waals surface area contributed by atoms with Gasteiger partial charge in [-0.05, 0) is 38.2 Å². The molecule has 0 aliphatic rings. The Labute approximate surface area is 367 Å². The smallest absolute Gasteiger partial charge is 0.306 e. The molecule has 1 amide bonds. The zero-order chi connectivity index (χ0) is 43.1. The Bertz CT molecular complexity index is 935. The fourth-order valence-corrected chi connectivity index (χ4v) is 8.04. The van der Waals surface area contributed by atoms with E-state index < -0.39 is 18.2 Å². The highest BCUT2D eigenvalue weighted by atomic mass is 16.5. The number of hydrogen-bond acceptors (Lipinski definition) is 5. The molecular weight excluding hydrogens is 731 g/mol. The molecule has 3 atom stereocenters. The summed E-state index contributed by atoms with van der Waals surface area (Å²) in [4.78, 5) is 26.0. The molecule has 0 saturated carbocycles. The average molecular weight is 832 g/mol. The molecule has 6 heteroatoms. The second-order valence-electron chi connectivity index (χ2n) is 17.9. The quantitative estimate of drug-likeness (QED) is 0.0322. The number of carbonyl (C=O) groups excluding carboxylic acids is 2. The van der Waals surface area contributed by atoms with Crippen LogP contribution in [0.25, 0.3) is 0 Å². The van der Waals surface area contributed by atoms with Crippen LogP contribution in [0.4, 0.5) is 0 Å². The van der Waals surface area contributed by atoms with Crippen molar-refractivity contribution in [2.45, 2.75) is 296 Å². The van der Waals surface area contributed by atoms with Crippen LogP contribution in [0.15, 0.2) is 24.3 Å². The van der Waals surface area contributed by atoms with Crippen LogP contribution in [0.2, 0.25) is 0 Å². The highest BCUT2D eigenvalue weighted by Crippen LogP contribution is 2.17. The molecule has 0 saturated heterocycles. The third-order valence-electron chi connectivity index (χ3n) is 12.0. The van der Waals surface area contributed by atoms with E-state index in [1.165, 1.54) is 186 Å². The molecule has 3 N–H and O–H groups in total. The van der Waals surface area contributed by atoms with Gasteiger partial charge in [0, 0.05) is 6.42 Å². The number of aliphatic hydroxyl groups is 2. The van der Waals surface area contributed by atoms with Crippen molar-refractivity contribution in [2.24, 2.45) is 0 Å². The van der Waals surface area contributed by atoms with Crippen molar-refractivity contribution in [1.82, 2.24) is 5.32 Å². The number of allylic oxidation sites excluding steroid dienone is 3. The van der Waals surface area contributed by atoms with Crippen molar-refractivity contribution in [1.29, 1.82) is 0 Å².